The van der Waals surface area contributed by atoms with Crippen molar-refractivity contribution in [2.75, 3.05) is 45.5 Å². The highest BCUT2D eigenvalue weighted by atomic mass is 32.2. The molecular formula is C16H29N3O3S. The van der Waals surface area contributed by atoms with E-state index in [1.165, 1.54) is 36.2 Å². The monoisotopic (exact) mass is 343 g/mol. The molecule has 1 unspecified atom stereocenters. The number of hydrogen-bond acceptors (Lipinski definition) is 4. The minimum Gasteiger partial charge on any atom is -0.340 e. The topological polar surface area (TPSA) is 60.9 Å². The number of piperidine rings is 1. The molecule has 0 radical (unpaired) electrons. The van der Waals surface area contributed by atoms with Gasteiger partial charge in [0.2, 0.25) is 15.9 Å². The third-order valence-electron chi connectivity index (χ3n) is 5.67. The Morgan fingerprint density at radius 1 is 0.913 bits per heavy atom. The second-order valence-electron chi connectivity index (χ2n) is 7.26. The van der Waals surface area contributed by atoms with Crippen molar-refractivity contribution in [3.8, 4) is 0 Å². The molecule has 3 fully saturated rings. The number of carbonyl (C=O) groups excluding carboxylic acids is 1. The lowest BCUT2D eigenvalue weighted by atomic mass is 9.97. The molecule has 1 atom stereocenters. The van der Waals surface area contributed by atoms with Crippen LogP contribution < -0.4 is 0 Å². The molecule has 0 N–H and O–H groups in total. The molecule has 3 rings (SSSR count). The number of nitrogens with zero attached hydrogens (tertiary/aromatic N) is 3. The van der Waals surface area contributed by atoms with Gasteiger partial charge in [0.05, 0.1) is 12.2 Å². The summed E-state index contributed by atoms with van der Waals surface area (Å²) in [5.41, 5.74) is 0. The Labute approximate surface area is 139 Å². The molecule has 3 aliphatic rings. The van der Waals surface area contributed by atoms with Crippen molar-refractivity contribution in [3.63, 3.8) is 0 Å². The molecule has 23 heavy (non-hydrogen) atoms. The van der Waals surface area contributed by atoms with E-state index in [2.05, 4.69) is 4.90 Å². The summed E-state index contributed by atoms with van der Waals surface area (Å²) in [7, 11) is -3.19. The van der Waals surface area contributed by atoms with E-state index in [0.29, 0.717) is 13.1 Å². The molecule has 1 saturated carbocycles. The zero-order chi connectivity index (χ0) is 16.4. The van der Waals surface area contributed by atoms with Crippen molar-refractivity contribution < 1.29 is 13.2 Å². The predicted octanol–water partition coefficient (Wildman–Crippen LogP) is 0.745. The van der Waals surface area contributed by atoms with Gasteiger partial charge in [0, 0.05) is 45.3 Å². The van der Waals surface area contributed by atoms with E-state index in [1.807, 2.05) is 4.90 Å². The number of piperazine rings is 1. The minimum atomic E-state index is -3.19. The largest absolute Gasteiger partial charge is 0.340 e. The average molecular weight is 343 g/mol. The summed E-state index contributed by atoms with van der Waals surface area (Å²) in [6, 6.07) is 0.725. The van der Waals surface area contributed by atoms with Crippen LogP contribution in [0.15, 0.2) is 0 Å². The van der Waals surface area contributed by atoms with Gasteiger partial charge in [-0.1, -0.05) is 12.8 Å². The molecule has 0 aromatic heterocycles. The van der Waals surface area contributed by atoms with Gasteiger partial charge in [-0.25, -0.2) is 12.7 Å². The fourth-order valence-corrected chi connectivity index (χ4v) is 5.19. The maximum Gasteiger partial charge on any atom is 0.227 e. The fraction of sp³-hybridized carbons (Fsp3) is 0.938. The zero-order valence-corrected chi connectivity index (χ0v) is 14.9. The first-order chi connectivity index (χ1) is 10.9. The third kappa shape index (κ3) is 4.06. The molecule has 0 bridgehead atoms. The summed E-state index contributed by atoms with van der Waals surface area (Å²) in [5.74, 6) is 0.000859. The van der Waals surface area contributed by atoms with Crippen molar-refractivity contribution in [3.05, 3.63) is 0 Å². The Kier molecular flexibility index (Phi) is 5.28. The van der Waals surface area contributed by atoms with Crippen LogP contribution in [0, 0.1) is 5.92 Å². The van der Waals surface area contributed by atoms with Crippen LogP contribution in [-0.4, -0.2) is 80.0 Å². The lowest BCUT2D eigenvalue weighted by molar-refractivity contribution is -0.138. The Hall–Kier alpha value is -0.660. The highest BCUT2D eigenvalue weighted by molar-refractivity contribution is 7.88. The van der Waals surface area contributed by atoms with Crippen LogP contribution in [0.1, 0.15) is 38.5 Å². The summed E-state index contributed by atoms with van der Waals surface area (Å²) in [6.45, 7) is 4.45. The number of carbonyl (C=O) groups is 1. The van der Waals surface area contributed by atoms with Crippen LogP contribution in [0.25, 0.3) is 0 Å². The standard InChI is InChI=1S/C16H29N3O3S/c1-23(21,22)19-8-4-5-14(13-19)16(20)18-11-9-17(10-12-18)15-6-2-3-7-15/h14-15H,2-13H2,1H3. The number of sulfonamides is 1. The van der Waals surface area contributed by atoms with Crippen LogP contribution in [0.3, 0.4) is 0 Å². The fourth-order valence-electron chi connectivity index (χ4n) is 4.28. The molecule has 0 aromatic rings. The van der Waals surface area contributed by atoms with Crippen LogP contribution in [0.4, 0.5) is 0 Å². The van der Waals surface area contributed by atoms with Gasteiger partial charge in [-0.2, -0.15) is 0 Å². The van der Waals surface area contributed by atoms with E-state index >= 15 is 0 Å². The van der Waals surface area contributed by atoms with Gasteiger partial charge in [0.15, 0.2) is 0 Å². The Morgan fingerprint density at radius 3 is 2.17 bits per heavy atom. The normalized spacial score (nSPS) is 29.1. The van der Waals surface area contributed by atoms with Crippen LogP contribution in [0.2, 0.25) is 0 Å². The molecular weight excluding hydrogens is 314 g/mol. The third-order valence-corrected chi connectivity index (χ3v) is 6.94. The zero-order valence-electron chi connectivity index (χ0n) is 14.1. The molecule has 7 heteroatoms. The molecule has 2 heterocycles. The van der Waals surface area contributed by atoms with Crippen molar-refractivity contribution in [1.29, 1.82) is 0 Å². The first kappa shape index (κ1) is 17.2. The quantitative estimate of drug-likeness (QED) is 0.758. The lowest BCUT2D eigenvalue weighted by Gasteiger charge is -2.40. The first-order valence-electron chi connectivity index (χ1n) is 8.93. The Balaban J connectivity index is 1.52. The van der Waals surface area contributed by atoms with E-state index in [0.717, 1.165) is 45.1 Å². The van der Waals surface area contributed by atoms with Gasteiger partial charge in [0.1, 0.15) is 0 Å². The lowest BCUT2D eigenvalue weighted by Crippen LogP contribution is -2.54. The maximum absolute atomic E-state index is 12.7. The molecule has 2 saturated heterocycles. The minimum absolute atomic E-state index is 0.156. The molecule has 1 amide bonds. The summed E-state index contributed by atoms with van der Waals surface area (Å²) in [5, 5.41) is 0. The van der Waals surface area contributed by atoms with E-state index in [4.69, 9.17) is 0 Å². The number of amides is 1. The summed E-state index contributed by atoms with van der Waals surface area (Å²) in [6.07, 6.45) is 8.12. The molecule has 0 aromatic carbocycles. The molecule has 0 spiro atoms. The van der Waals surface area contributed by atoms with Gasteiger partial charge in [-0.05, 0) is 25.7 Å². The van der Waals surface area contributed by atoms with Gasteiger partial charge in [-0.15, -0.1) is 0 Å². The highest BCUT2D eigenvalue weighted by Gasteiger charge is 2.34. The Bertz CT molecular complexity index is 523. The molecule has 2 aliphatic heterocycles. The van der Waals surface area contributed by atoms with Gasteiger partial charge < -0.3 is 4.90 Å². The van der Waals surface area contributed by atoms with Crippen LogP contribution >= 0.6 is 0 Å². The highest BCUT2D eigenvalue weighted by Crippen LogP contribution is 2.25. The van der Waals surface area contributed by atoms with Crippen LogP contribution in [0.5, 0.6) is 0 Å². The van der Waals surface area contributed by atoms with E-state index in [9.17, 15) is 13.2 Å². The van der Waals surface area contributed by atoms with Gasteiger partial charge >= 0.3 is 0 Å². The molecule has 132 valence electrons. The van der Waals surface area contributed by atoms with E-state index in [-0.39, 0.29) is 11.8 Å². The van der Waals surface area contributed by atoms with Crippen molar-refractivity contribution >= 4 is 15.9 Å². The van der Waals surface area contributed by atoms with Crippen molar-refractivity contribution in [1.82, 2.24) is 14.1 Å². The Morgan fingerprint density at radius 2 is 1.57 bits per heavy atom. The number of hydrogen-bond donors (Lipinski definition) is 0. The van der Waals surface area contributed by atoms with E-state index < -0.39 is 10.0 Å². The molecule has 6 nitrogen and oxygen atoms in total. The van der Waals surface area contributed by atoms with E-state index in [1.54, 1.807) is 0 Å². The second-order valence-corrected chi connectivity index (χ2v) is 9.24. The average Bonchev–Trinajstić information content (AvgIpc) is 3.08. The summed E-state index contributed by atoms with van der Waals surface area (Å²) < 4.78 is 24.9. The predicted molar refractivity (Wildman–Crippen MR) is 89.5 cm³/mol. The SMILES string of the molecule is CS(=O)(=O)N1CCCC(C(=O)N2CCN(C3CCCC3)CC2)C1. The smallest absolute Gasteiger partial charge is 0.227 e. The maximum atomic E-state index is 12.7. The summed E-state index contributed by atoms with van der Waals surface area (Å²) in [4.78, 5) is 17.2. The summed E-state index contributed by atoms with van der Waals surface area (Å²) >= 11 is 0. The van der Waals surface area contributed by atoms with Gasteiger partial charge in [0.25, 0.3) is 0 Å². The second kappa shape index (κ2) is 7.07. The van der Waals surface area contributed by atoms with Gasteiger partial charge in [-0.3, -0.25) is 9.69 Å². The number of rotatable bonds is 3. The molecule has 1 aliphatic carbocycles. The van der Waals surface area contributed by atoms with Crippen molar-refractivity contribution in [2.45, 2.75) is 44.6 Å². The van der Waals surface area contributed by atoms with Crippen molar-refractivity contribution in [2.24, 2.45) is 5.92 Å². The van der Waals surface area contributed by atoms with Crippen LogP contribution in [-0.2, 0) is 14.8 Å². The first-order valence-corrected chi connectivity index (χ1v) is 10.8.